The van der Waals surface area contributed by atoms with E-state index in [0.717, 1.165) is 90.3 Å². The number of fused-ring (bicyclic) bond motifs is 16. The number of carboxylic acids is 1. The van der Waals surface area contributed by atoms with Gasteiger partial charge in [-0.2, -0.15) is 0 Å². The van der Waals surface area contributed by atoms with Gasteiger partial charge in [-0.1, -0.05) is 48.5 Å². The van der Waals surface area contributed by atoms with Crippen LogP contribution in [0.5, 0.6) is 0 Å². The van der Waals surface area contributed by atoms with E-state index in [4.69, 9.17) is 14.6 Å². The van der Waals surface area contributed by atoms with Crippen LogP contribution in [-0.4, -0.2) is 35.2 Å². The highest BCUT2D eigenvalue weighted by molar-refractivity contribution is 5.74. The summed E-state index contributed by atoms with van der Waals surface area (Å²) in [6.07, 6.45) is 15.8. The minimum absolute atomic E-state index is 0.0267. The van der Waals surface area contributed by atoms with Gasteiger partial charge >= 0.3 is 17.9 Å². The van der Waals surface area contributed by atoms with E-state index in [1.54, 1.807) is 0 Å². The van der Waals surface area contributed by atoms with Gasteiger partial charge < -0.3 is 14.6 Å². The molecule has 11 fully saturated rings. The van der Waals surface area contributed by atoms with Crippen LogP contribution in [0, 0.1) is 124 Å². The molecule has 1 aliphatic heterocycles. The third-order valence-corrected chi connectivity index (χ3v) is 20.4. The molecule has 6 nitrogen and oxygen atoms in total. The van der Waals surface area contributed by atoms with Crippen LogP contribution in [0.1, 0.15) is 132 Å². The van der Waals surface area contributed by atoms with Crippen molar-refractivity contribution in [1.29, 1.82) is 0 Å². The number of hydrogen-bond donors (Lipinski definition) is 1. The number of ether oxygens (including phenoxy) is 2. The first-order valence-electron chi connectivity index (χ1n) is 22.4. The van der Waals surface area contributed by atoms with Crippen molar-refractivity contribution in [2.45, 2.75) is 138 Å². The quantitative estimate of drug-likeness (QED) is 0.230. The fourth-order valence-corrected chi connectivity index (χ4v) is 17.3. The molecule has 11 aliphatic rings. The maximum atomic E-state index is 13.3. The van der Waals surface area contributed by atoms with Crippen LogP contribution in [0.4, 0.5) is 0 Å². The molecule has 10 bridgehead atoms. The van der Waals surface area contributed by atoms with Crippen molar-refractivity contribution in [3.63, 3.8) is 0 Å². The van der Waals surface area contributed by atoms with Gasteiger partial charge in [0, 0.05) is 11.3 Å². The zero-order valence-electron chi connectivity index (χ0n) is 33.4. The zero-order chi connectivity index (χ0) is 36.6. The van der Waals surface area contributed by atoms with Crippen molar-refractivity contribution in [2.24, 2.45) is 124 Å². The number of hydrogen-bond acceptors (Lipinski definition) is 5. The number of rotatable bonds is 4. The first-order valence-corrected chi connectivity index (χ1v) is 22.4. The summed E-state index contributed by atoms with van der Waals surface area (Å²) in [5, 5.41) is 8.94. The molecule has 22 unspecified atom stereocenters. The smallest absolute Gasteiger partial charge is 0.309 e. The topological polar surface area (TPSA) is 89.9 Å². The van der Waals surface area contributed by atoms with E-state index in [2.05, 4.69) is 48.5 Å². The van der Waals surface area contributed by atoms with Crippen molar-refractivity contribution in [2.75, 3.05) is 6.61 Å². The highest BCUT2D eigenvalue weighted by Gasteiger charge is 2.68. The number of carbonyl (C=O) groups excluding carboxylic acids is 2. The third-order valence-electron chi connectivity index (χ3n) is 20.4. The Morgan fingerprint density at radius 3 is 1.81 bits per heavy atom. The normalized spacial score (nSPS) is 57.6. The molecule has 1 heterocycles. The molecule has 10 aliphatic carbocycles. The summed E-state index contributed by atoms with van der Waals surface area (Å²) >= 11 is 0. The van der Waals surface area contributed by atoms with Gasteiger partial charge in [0.1, 0.15) is 5.60 Å². The van der Waals surface area contributed by atoms with Crippen molar-refractivity contribution in [1.82, 2.24) is 0 Å². The molecular weight excluding hydrogens is 648 g/mol. The molecule has 0 amide bonds. The first-order chi connectivity index (χ1) is 24.8. The fraction of sp³-hybridized carbons (Fsp3) is 0.935. The first kappa shape index (κ1) is 36.1. The van der Waals surface area contributed by atoms with E-state index in [9.17, 15) is 14.4 Å². The van der Waals surface area contributed by atoms with Crippen molar-refractivity contribution in [3.8, 4) is 0 Å². The average Bonchev–Trinajstić information content (AvgIpc) is 3.97. The van der Waals surface area contributed by atoms with Crippen LogP contribution in [0.25, 0.3) is 0 Å². The Bertz CT molecular complexity index is 1440. The van der Waals surface area contributed by atoms with Gasteiger partial charge in [-0.3, -0.25) is 14.4 Å². The maximum Gasteiger partial charge on any atom is 0.309 e. The standard InChI is InChI=1S/C24H36O2.C12H18O2.C10H16O2/c1-4-24(26-23(25)19-9-16-8-18(19)13(3)12(16)2)11-17-10-20(24)22-15-6-5-14(7-15)21(17)22;1-7-8(2)10-3-9(7)4-12(10)5-11(13)14-6-12;1-5-6(2)8-3-7(5)4-9(8)10(11)12/h12-22H,4-11H2,1-3H3;7-10H,3-6H2,1-2H3;5-9H,3-4H2,1-2H3,(H,11,12). The van der Waals surface area contributed by atoms with E-state index >= 15 is 0 Å². The Morgan fingerprint density at radius 2 is 1.27 bits per heavy atom. The summed E-state index contributed by atoms with van der Waals surface area (Å²) in [6.45, 7) is 17.0. The van der Waals surface area contributed by atoms with Gasteiger partial charge in [-0.15, -0.1) is 0 Å². The van der Waals surface area contributed by atoms with Gasteiger partial charge in [0.05, 0.1) is 24.9 Å². The average molecular weight is 719 g/mol. The molecule has 0 aromatic carbocycles. The summed E-state index contributed by atoms with van der Waals surface area (Å²) in [7, 11) is 0. The number of carbonyl (C=O) groups is 3. The lowest BCUT2D eigenvalue weighted by molar-refractivity contribution is -0.180. The lowest BCUT2D eigenvalue weighted by Gasteiger charge is -2.46. The molecule has 11 rings (SSSR count). The molecular formula is C46H70O6. The van der Waals surface area contributed by atoms with Crippen LogP contribution in [0.15, 0.2) is 0 Å². The molecule has 0 radical (unpaired) electrons. The number of aliphatic carboxylic acids is 1. The largest absolute Gasteiger partial charge is 0.481 e. The molecule has 0 aromatic rings. The van der Waals surface area contributed by atoms with Gasteiger partial charge in [0.2, 0.25) is 0 Å². The van der Waals surface area contributed by atoms with Crippen LogP contribution < -0.4 is 0 Å². The highest BCUT2D eigenvalue weighted by atomic mass is 16.6. The predicted octanol–water partition coefficient (Wildman–Crippen LogP) is 9.54. The van der Waals surface area contributed by atoms with E-state index in [1.807, 2.05) is 0 Å². The highest BCUT2D eigenvalue weighted by Crippen LogP contribution is 2.71. The Labute approximate surface area is 314 Å². The Balaban J connectivity index is 0.000000116. The third kappa shape index (κ3) is 5.22. The second-order valence-electron chi connectivity index (χ2n) is 21.6. The summed E-state index contributed by atoms with van der Waals surface area (Å²) in [5.74, 6) is 14.0. The summed E-state index contributed by atoms with van der Waals surface area (Å²) < 4.78 is 11.8. The number of carboxylic acid groups (broad SMARTS) is 1. The van der Waals surface area contributed by atoms with Crippen LogP contribution in [-0.2, 0) is 23.9 Å². The molecule has 1 spiro atoms. The van der Waals surface area contributed by atoms with Gasteiger partial charge in [-0.25, -0.2) is 0 Å². The minimum atomic E-state index is -0.568. The lowest BCUT2D eigenvalue weighted by atomic mass is 9.65. The Morgan fingerprint density at radius 1 is 0.673 bits per heavy atom. The molecule has 290 valence electrons. The lowest BCUT2D eigenvalue weighted by Crippen LogP contribution is -2.48. The summed E-state index contributed by atoms with van der Waals surface area (Å²) in [5.41, 5.74) is 0.164. The Hall–Kier alpha value is -1.59. The molecule has 52 heavy (non-hydrogen) atoms. The van der Waals surface area contributed by atoms with Gasteiger partial charge in [0.15, 0.2) is 0 Å². The molecule has 6 heteroatoms. The predicted molar refractivity (Wildman–Crippen MR) is 199 cm³/mol. The SMILES string of the molecule is CC1C2CC(C(=O)O)C(C2)C1C.CC1C2CC(C1C)C1(COC(=O)C1)C2.CCC1(OC(=O)C2CC3CC2C(C)C3C)CC2CC1C1C3CCC(C3)C21. The van der Waals surface area contributed by atoms with Gasteiger partial charge in [-0.05, 0) is 178 Å². The molecule has 10 saturated carbocycles. The van der Waals surface area contributed by atoms with E-state index in [-0.39, 0.29) is 34.8 Å². The minimum Gasteiger partial charge on any atom is -0.481 e. The fourth-order valence-electron chi connectivity index (χ4n) is 17.3. The van der Waals surface area contributed by atoms with Crippen LogP contribution in [0.2, 0.25) is 0 Å². The van der Waals surface area contributed by atoms with E-state index < -0.39 is 5.97 Å². The molecule has 1 N–H and O–H groups in total. The summed E-state index contributed by atoms with van der Waals surface area (Å²) in [6, 6.07) is 0. The monoisotopic (exact) mass is 719 g/mol. The zero-order valence-corrected chi connectivity index (χ0v) is 33.4. The van der Waals surface area contributed by atoms with E-state index in [1.165, 1.54) is 57.8 Å². The Kier molecular flexibility index (Phi) is 8.82. The molecule has 1 saturated heterocycles. The van der Waals surface area contributed by atoms with Crippen molar-refractivity contribution < 1.29 is 29.0 Å². The van der Waals surface area contributed by atoms with Gasteiger partial charge in [0.25, 0.3) is 0 Å². The number of esters is 2. The summed E-state index contributed by atoms with van der Waals surface area (Å²) in [4.78, 5) is 35.4. The molecule has 22 atom stereocenters. The number of cyclic esters (lactones) is 1. The second kappa shape index (κ2) is 12.7. The van der Waals surface area contributed by atoms with Crippen LogP contribution >= 0.6 is 0 Å². The van der Waals surface area contributed by atoms with E-state index in [0.29, 0.717) is 48.5 Å². The molecule has 0 aromatic heterocycles. The second-order valence-corrected chi connectivity index (χ2v) is 21.6. The van der Waals surface area contributed by atoms with Crippen LogP contribution in [0.3, 0.4) is 0 Å². The van der Waals surface area contributed by atoms with Crippen molar-refractivity contribution >= 4 is 17.9 Å². The van der Waals surface area contributed by atoms with Crippen molar-refractivity contribution in [3.05, 3.63) is 0 Å². The maximum absolute atomic E-state index is 13.3.